The monoisotopic (exact) mass is 221 g/mol. The summed E-state index contributed by atoms with van der Waals surface area (Å²) in [6.45, 7) is 2.04. The summed E-state index contributed by atoms with van der Waals surface area (Å²) in [5.41, 5.74) is 0.931. The van der Waals surface area contributed by atoms with Crippen molar-refractivity contribution in [3.05, 3.63) is 46.4 Å². The molecule has 1 aromatic heterocycles. The zero-order valence-corrected chi connectivity index (χ0v) is 8.54. The van der Waals surface area contributed by atoms with Gasteiger partial charge in [-0.1, -0.05) is 0 Å². The fourth-order valence-corrected chi connectivity index (χ4v) is 1.57. The van der Waals surface area contributed by atoms with E-state index in [1.54, 1.807) is 12.4 Å². The second-order valence-corrected chi connectivity index (χ2v) is 3.39. The average Bonchev–Trinajstić information content (AvgIpc) is 2.66. The van der Waals surface area contributed by atoms with Gasteiger partial charge in [-0.2, -0.15) is 0 Å². The van der Waals surface area contributed by atoms with E-state index in [2.05, 4.69) is 15.3 Å². The van der Waals surface area contributed by atoms with Gasteiger partial charge in [0.05, 0.1) is 4.92 Å². The van der Waals surface area contributed by atoms with Crippen LogP contribution in [-0.2, 0) is 6.54 Å². The molecule has 0 spiro atoms. The summed E-state index contributed by atoms with van der Waals surface area (Å²) >= 11 is 0. The van der Waals surface area contributed by atoms with Crippen LogP contribution in [0, 0.1) is 10.1 Å². The van der Waals surface area contributed by atoms with Gasteiger partial charge >= 0.3 is 0 Å². The van der Waals surface area contributed by atoms with E-state index in [0.29, 0.717) is 18.9 Å². The molecule has 16 heavy (non-hydrogen) atoms. The first-order chi connectivity index (χ1) is 7.75. The molecular formula is C9H11N5O2. The van der Waals surface area contributed by atoms with Gasteiger partial charge < -0.3 is 10.2 Å². The summed E-state index contributed by atoms with van der Waals surface area (Å²) in [6.07, 6.45) is 5.85. The third-order valence-electron chi connectivity index (χ3n) is 2.24. The van der Waals surface area contributed by atoms with Crippen molar-refractivity contribution in [2.45, 2.75) is 6.54 Å². The van der Waals surface area contributed by atoms with Gasteiger partial charge in [-0.15, -0.1) is 0 Å². The smallest absolute Gasteiger partial charge is 0.274 e. The number of hydrogen-bond donors (Lipinski definition) is 1. The van der Waals surface area contributed by atoms with E-state index in [1.165, 1.54) is 6.33 Å². The Kier molecular flexibility index (Phi) is 2.95. The summed E-state index contributed by atoms with van der Waals surface area (Å²) < 4.78 is 0. The van der Waals surface area contributed by atoms with Gasteiger partial charge in [0, 0.05) is 37.6 Å². The summed E-state index contributed by atoms with van der Waals surface area (Å²) in [5.74, 6) is 0.536. The van der Waals surface area contributed by atoms with E-state index in [-0.39, 0.29) is 0 Å². The van der Waals surface area contributed by atoms with E-state index < -0.39 is 4.92 Å². The second kappa shape index (κ2) is 4.56. The standard InChI is InChI=1S/C9H11N5O2/c15-14(16)6-9-12-1-2-13(9)5-8-3-10-7-11-4-8/h3-4,6-7,12H,1-2,5H2/b9-6+. The zero-order valence-electron chi connectivity index (χ0n) is 8.54. The molecule has 0 bridgehead atoms. The molecule has 84 valence electrons. The summed E-state index contributed by atoms with van der Waals surface area (Å²) in [5, 5.41) is 13.4. The molecular weight excluding hydrogens is 210 g/mol. The molecule has 0 atom stereocenters. The minimum absolute atomic E-state index is 0.456. The Balaban J connectivity index is 2.07. The quantitative estimate of drug-likeness (QED) is 0.569. The van der Waals surface area contributed by atoms with Crippen LogP contribution in [0.3, 0.4) is 0 Å². The molecule has 0 saturated carbocycles. The van der Waals surface area contributed by atoms with Gasteiger partial charge in [0.2, 0.25) is 0 Å². The normalized spacial score (nSPS) is 17.5. The topological polar surface area (TPSA) is 84.2 Å². The number of nitro groups is 1. The van der Waals surface area contributed by atoms with Gasteiger partial charge in [-0.05, 0) is 0 Å². The van der Waals surface area contributed by atoms with E-state index in [0.717, 1.165) is 18.3 Å². The molecule has 0 unspecified atom stereocenters. The molecule has 2 heterocycles. The second-order valence-electron chi connectivity index (χ2n) is 3.39. The van der Waals surface area contributed by atoms with Gasteiger partial charge in [0.15, 0.2) is 5.82 Å². The van der Waals surface area contributed by atoms with Crippen molar-refractivity contribution in [1.82, 2.24) is 20.2 Å². The molecule has 1 aromatic rings. The van der Waals surface area contributed by atoms with E-state index in [1.807, 2.05) is 4.90 Å². The van der Waals surface area contributed by atoms with Crippen molar-refractivity contribution in [3.8, 4) is 0 Å². The Morgan fingerprint density at radius 3 is 3.00 bits per heavy atom. The molecule has 1 N–H and O–H groups in total. The lowest BCUT2D eigenvalue weighted by Crippen LogP contribution is -2.20. The third-order valence-corrected chi connectivity index (χ3v) is 2.24. The van der Waals surface area contributed by atoms with Crippen LogP contribution in [0.5, 0.6) is 0 Å². The van der Waals surface area contributed by atoms with Crippen LogP contribution in [-0.4, -0.2) is 32.9 Å². The molecule has 0 radical (unpaired) electrons. The minimum Gasteiger partial charge on any atom is -0.365 e. The highest BCUT2D eigenvalue weighted by Gasteiger charge is 2.19. The first kappa shape index (κ1) is 10.3. The van der Waals surface area contributed by atoms with Gasteiger partial charge in [-0.25, -0.2) is 9.97 Å². The van der Waals surface area contributed by atoms with Gasteiger partial charge in [0.25, 0.3) is 6.20 Å². The van der Waals surface area contributed by atoms with E-state index in [9.17, 15) is 10.1 Å². The first-order valence-electron chi connectivity index (χ1n) is 4.84. The van der Waals surface area contributed by atoms with Crippen molar-refractivity contribution < 1.29 is 4.92 Å². The zero-order chi connectivity index (χ0) is 11.4. The lowest BCUT2D eigenvalue weighted by atomic mass is 10.3. The number of nitrogens with zero attached hydrogens (tertiary/aromatic N) is 4. The van der Waals surface area contributed by atoms with Gasteiger partial charge in [0.1, 0.15) is 6.33 Å². The number of nitrogens with one attached hydrogen (secondary N) is 1. The molecule has 1 fully saturated rings. The summed E-state index contributed by atoms with van der Waals surface area (Å²) in [4.78, 5) is 19.6. The largest absolute Gasteiger partial charge is 0.365 e. The molecule has 7 heteroatoms. The molecule has 1 aliphatic rings. The molecule has 1 aliphatic heterocycles. The predicted octanol–water partition coefficient (Wildman–Crippen LogP) is -0.0426. The van der Waals surface area contributed by atoms with E-state index >= 15 is 0 Å². The molecule has 0 aromatic carbocycles. The predicted molar refractivity (Wildman–Crippen MR) is 55.5 cm³/mol. The lowest BCUT2D eigenvalue weighted by Gasteiger charge is -2.16. The van der Waals surface area contributed by atoms with Crippen LogP contribution in [0.2, 0.25) is 0 Å². The highest BCUT2D eigenvalue weighted by molar-refractivity contribution is 5.08. The molecule has 1 saturated heterocycles. The Morgan fingerprint density at radius 2 is 2.31 bits per heavy atom. The van der Waals surface area contributed by atoms with E-state index in [4.69, 9.17) is 0 Å². The molecule has 7 nitrogen and oxygen atoms in total. The fourth-order valence-electron chi connectivity index (χ4n) is 1.57. The molecule has 2 rings (SSSR count). The highest BCUT2D eigenvalue weighted by Crippen LogP contribution is 2.11. The van der Waals surface area contributed by atoms with Crippen LogP contribution in [0.15, 0.2) is 30.7 Å². The Labute approximate surface area is 92.0 Å². The first-order valence-corrected chi connectivity index (χ1v) is 4.84. The Morgan fingerprint density at radius 1 is 1.56 bits per heavy atom. The van der Waals surface area contributed by atoms with Crippen LogP contribution in [0.25, 0.3) is 0 Å². The minimum atomic E-state index is -0.456. The van der Waals surface area contributed by atoms with Crippen LogP contribution < -0.4 is 5.32 Å². The van der Waals surface area contributed by atoms with Gasteiger partial charge in [-0.3, -0.25) is 10.1 Å². The van der Waals surface area contributed by atoms with Crippen molar-refractivity contribution in [3.63, 3.8) is 0 Å². The molecule has 0 amide bonds. The van der Waals surface area contributed by atoms with Crippen LogP contribution >= 0.6 is 0 Å². The van der Waals surface area contributed by atoms with Crippen LogP contribution in [0.4, 0.5) is 0 Å². The number of rotatable bonds is 3. The maximum absolute atomic E-state index is 10.4. The number of aromatic nitrogens is 2. The molecule has 0 aliphatic carbocycles. The highest BCUT2D eigenvalue weighted by atomic mass is 16.6. The lowest BCUT2D eigenvalue weighted by molar-refractivity contribution is -0.404. The van der Waals surface area contributed by atoms with Crippen molar-refractivity contribution in [2.75, 3.05) is 13.1 Å². The summed E-state index contributed by atoms with van der Waals surface area (Å²) in [7, 11) is 0. The van der Waals surface area contributed by atoms with Crippen LogP contribution in [0.1, 0.15) is 5.56 Å². The SMILES string of the molecule is O=[N+]([O-])/C=C1\NCCN1Cc1cncnc1. The maximum atomic E-state index is 10.4. The third kappa shape index (κ3) is 2.44. The average molecular weight is 221 g/mol. The van der Waals surface area contributed by atoms with Crippen molar-refractivity contribution in [1.29, 1.82) is 0 Å². The fraction of sp³-hybridized carbons (Fsp3) is 0.333. The Bertz CT molecular complexity index is 406. The number of hydrogen-bond acceptors (Lipinski definition) is 6. The summed E-state index contributed by atoms with van der Waals surface area (Å²) in [6, 6.07) is 0. The Hall–Kier alpha value is -2.18. The van der Waals surface area contributed by atoms with Crippen molar-refractivity contribution >= 4 is 0 Å². The van der Waals surface area contributed by atoms with Crippen molar-refractivity contribution in [2.24, 2.45) is 0 Å². The maximum Gasteiger partial charge on any atom is 0.274 e.